The van der Waals surface area contributed by atoms with E-state index in [2.05, 4.69) is 15.3 Å². The van der Waals surface area contributed by atoms with Gasteiger partial charge in [0, 0.05) is 5.56 Å². The summed E-state index contributed by atoms with van der Waals surface area (Å²) in [6.07, 6.45) is 1.30. The molecule has 132 valence electrons. The van der Waals surface area contributed by atoms with E-state index in [0.717, 1.165) is 0 Å². The number of carbonyl (C=O) groups excluding carboxylic acids is 1. The first kappa shape index (κ1) is 18.2. The molecule has 2 rings (SSSR count). The summed E-state index contributed by atoms with van der Waals surface area (Å²) in [6.45, 7) is -2.98. The van der Waals surface area contributed by atoms with Gasteiger partial charge in [0.15, 0.2) is 11.5 Å². The minimum Gasteiger partial charge on any atom is -0.497 e. The van der Waals surface area contributed by atoms with E-state index in [1.807, 2.05) is 0 Å². The van der Waals surface area contributed by atoms with Crippen molar-refractivity contribution in [2.45, 2.75) is 6.61 Å². The fourth-order valence-corrected chi connectivity index (χ4v) is 1.93. The van der Waals surface area contributed by atoms with Crippen molar-refractivity contribution in [3.8, 4) is 17.2 Å². The number of benzene rings is 2. The number of methoxy groups -OCH3 is 2. The van der Waals surface area contributed by atoms with Crippen molar-refractivity contribution in [3.63, 3.8) is 0 Å². The number of alkyl halides is 2. The second kappa shape index (κ2) is 8.62. The van der Waals surface area contributed by atoms with Crippen LogP contribution in [0, 0.1) is 0 Å². The van der Waals surface area contributed by atoms with Crippen LogP contribution in [0.5, 0.6) is 17.2 Å². The summed E-state index contributed by atoms with van der Waals surface area (Å²) in [4.78, 5) is 11.9. The Labute approximate surface area is 143 Å². The first-order chi connectivity index (χ1) is 12.0. The zero-order chi connectivity index (χ0) is 18.2. The molecular formula is C17H16F2N2O4. The van der Waals surface area contributed by atoms with Crippen LogP contribution in [-0.4, -0.2) is 33.0 Å². The Balaban J connectivity index is 2.04. The lowest BCUT2D eigenvalue weighted by molar-refractivity contribution is -0.0512. The summed E-state index contributed by atoms with van der Waals surface area (Å²) in [7, 11) is 2.87. The lowest BCUT2D eigenvalue weighted by Gasteiger charge is -2.10. The van der Waals surface area contributed by atoms with E-state index in [1.165, 1.54) is 32.6 Å². The van der Waals surface area contributed by atoms with Gasteiger partial charge in [-0.3, -0.25) is 4.79 Å². The molecule has 1 N–H and O–H groups in total. The Morgan fingerprint density at radius 3 is 2.40 bits per heavy atom. The highest BCUT2D eigenvalue weighted by Gasteiger charge is 2.11. The smallest absolute Gasteiger partial charge is 0.387 e. The number of rotatable bonds is 7. The standard InChI is InChI=1S/C17H16F2N2O4/c1-23-13-6-4-12(5-7-13)16(22)21-20-10-11-3-8-14(24-2)15(9-11)25-17(18)19/h3-10,17H,1-2H3,(H,21,22)/b20-10-. The van der Waals surface area contributed by atoms with Crippen molar-refractivity contribution in [1.82, 2.24) is 5.43 Å². The molecule has 0 aliphatic rings. The van der Waals surface area contributed by atoms with Crippen LogP contribution in [0.3, 0.4) is 0 Å². The zero-order valence-corrected chi connectivity index (χ0v) is 13.5. The lowest BCUT2D eigenvalue weighted by Crippen LogP contribution is -2.17. The highest BCUT2D eigenvalue weighted by atomic mass is 19.3. The van der Waals surface area contributed by atoms with Crippen molar-refractivity contribution in [2.24, 2.45) is 5.10 Å². The Morgan fingerprint density at radius 2 is 1.80 bits per heavy atom. The quantitative estimate of drug-likeness (QED) is 0.615. The van der Waals surface area contributed by atoms with Crippen molar-refractivity contribution in [2.75, 3.05) is 14.2 Å². The number of carbonyl (C=O) groups is 1. The van der Waals surface area contributed by atoms with Gasteiger partial charge in [-0.05, 0) is 48.0 Å². The first-order valence-corrected chi connectivity index (χ1v) is 7.14. The van der Waals surface area contributed by atoms with Gasteiger partial charge >= 0.3 is 6.61 Å². The topological polar surface area (TPSA) is 69.2 Å². The van der Waals surface area contributed by atoms with Gasteiger partial charge in [0.1, 0.15) is 5.75 Å². The molecular weight excluding hydrogens is 334 g/mol. The van der Waals surface area contributed by atoms with Crippen LogP contribution in [0.15, 0.2) is 47.6 Å². The molecule has 0 heterocycles. The van der Waals surface area contributed by atoms with Crippen LogP contribution in [0.25, 0.3) is 0 Å². The third kappa shape index (κ3) is 5.17. The van der Waals surface area contributed by atoms with Gasteiger partial charge in [0.05, 0.1) is 20.4 Å². The van der Waals surface area contributed by atoms with Gasteiger partial charge < -0.3 is 14.2 Å². The summed E-state index contributed by atoms with van der Waals surface area (Å²) in [5.74, 6) is 0.254. The number of ether oxygens (including phenoxy) is 3. The summed E-state index contributed by atoms with van der Waals surface area (Å²) in [5.41, 5.74) is 3.19. The molecule has 0 saturated heterocycles. The van der Waals surface area contributed by atoms with E-state index >= 15 is 0 Å². The molecule has 0 aliphatic carbocycles. The number of nitrogens with one attached hydrogen (secondary N) is 1. The van der Waals surface area contributed by atoms with E-state index in [1.54, 1.807) is 30.3 Å². The summed E-state index contributed by atoms with van der Waals surface area (Å²) in [6, 6.07) is 10.8. The molecule has 8 heteroatoms. The van der Waals surface area contributed by atoms with Gasteiger partial charge in [0.25, 0.3) is 5.91 Å². The van der Waals surface area contributed by atoms with Crippen LogP contribution in [0.2, 0.25) is 0 Å². The molecule has 0 bridgehead atoms. The second-order valence-electron chi connectivity index (χ2n) is 4.72. The maximum atomic E-state index is 12.4. The zero-order valence-electron chi connectivity index (χ0n) is 13.5. The molecule has 0 saturated carbocycles. The predicted octanol–water partition coefficient (Wildman–Crippen LogP) is 3.07. The average Bonchev–Trinajstić information content (AvgIpc) is 2.61. The van der Waals surface area contributed by atoms with Gasteiger partial charge in [-0.2, -0.15) is 13.9 Å². The Bertz CT molecular complexity index is 749. The van der Waals surface area contributed by atoms with Gasteiger partial charge in [-0.15, -0.1) is 0 Å². The molecule has 6 nitrogen and oxygen atoms in total. The number of halogens is 2. The van der Waals surface area contributed by atoms with Crippen molar-refractivity contribution in [3.05, 3.63) is 53.6 Å². The lowest BCUT2D eigenvalue weighted by atomic mass is 10.2. The highest BCUT2D eigenvalue weighted by Crippen LogP contribution is 2.28. The van der Waals surface area contributed by atoms with Crippen LogP contribution in [0.1, 0.15) is 15.9 Å². The van der Waals surface area contributed by atoms with E-state index in [0.29, 0.717) is 16.9 Å². The van der Waals surface area contributed by atoms with Gasteiger partial charge in [0.2, 0.25) is 0 Å². The maximum absolute atomic E-state index is 12.4. The third-order valence-electron chi connectivity index (χ3n) is 3.14. The molecule has 2 aromatic carbocycles. The summed E-state index contributed by atoms with van der Waals surface area (Å²) < 4.78 is 39.1. The van der Waals surface area contributed by atoms with Crippen molar-refractivity contribution >= 4 is 12.1 Å². The molecule has 1 amide bonds. The summed E-state index contributed by atoms with van der Waals surface area (Å²) >= 11 is 0. The monoisotopic (exact) mass is 350 g/mol. The van der Waals surface area contributed by atoms with Crippen molar-refractivity contribution in [1.29, 1.82) is 0 Å². The molecule has 0 aliphatic heterocycles. The Hall–Kier alpha value is -3.16. The number of nitrogens with zero attached hydrogens (tertiary/aromatic N) is 1. The van der Waals surface area contributed by atoms with Crippen LogP contribution in [0.4, 0.5) is 8.78 Å². The predicted molar refractivity (Wildman–Crippen MR) is 87.7 cm³/mol. The Kier molecular flexibility index (Phi) is 6.27. The largest absolute Gasteiger partial charge is 0.497 e. The van der Waals surface area contributed by atoms with Crippen molar-refractivity contribution < 1.29 is 27.8 Å². The average molecular weight is 350 g/mol. The van der Waals surface area contributed by atoms with Crippen LogP contribution >= 0.6 is 0 Å². The van der Waals surface area contributed by atoms with E-state index in [9.17, 15) is 13.6 Å². The minimum atomic E-state index is -2.98. The van der Waals surface area contributed by atoms with Gasteiger partial charge in [-0.25, -0.2) is 5.43 Å². The first-order valence-electron chi connectivity index (χ1n) is 7.14. The number of amides is 1. The fraction of sp³-hybridized carbons (Fsp3) is 0.176. The minimum absolute atomic E-state index is 0.122. The normalized spacial score (nSPS) is 10.8. The fourth-order valence-electron chi connectivity index (χ4n) is 1.93. The Morgan fingerprint density at radius 1 is 1.08 bits per heavy atom. The van der Waals surface area contributed by atoms with E-state index in [-0.39, 0.29) is 11.5 Å². The van der Waals surface area contributed by atoms with Gasteiger partial charge in [-0.1, -0.05) is 0 Å². The SMILES string of the molecule is COc1ccc(C(=O)N/N=C\c2ccc(OC)c(OC(F)F)c2)cc1. The number of hydrogen-bond donors (Lipinski definition) is 1. The molecule has 0 aromatic heterocycles. The van der Waals surface area contributed by atoms with E-state index in [4.69, 9.17) is 9.47 Å². The molecule has 0 fully saturated rings. The molecule has 0 radical (unpaired) electrons. The number of hydrogen-bond acceptors (Lipinski definition) is 5. The van der Waals surface area contributed by atoms with Crippen LogP contribution in [-0.2, 0) is 0 Å². The second-order valence-corrected chi connectivity index (χ2v) is 4.72. The number of hydrazone groups is 1. The molecule has 0 atom stereocenters. The molecule has 2 aromatic rings. The summed E-state index contributed by atoms with van der Waals surface area (Å²) in [5, 5.41) is 3.80. The van der Waals surface area contributed by atoms with Crippen LogP contribution < -0.4 is 19.6 Å². The third-order valence-corrected chi connectivity index (χ3v) is 3.14. The van der Waals surface area contributed by atoms with E-state index < -0.39 is 12.5 Å². The maximum Gasteiger partial charge on any atom is 0.387 e. The molecule has 25 heavy (non-hydrogen) atoms. The molecule has 0 unspecified atom stereocenters. The highest BCUT2D eigenvalue weighted by molar-refractivity contribution is 5.95. The molecule has 0 spiro atoms.